The maximum Gasteiger partial charge on any atom is 0.363 e. The lowest BCUT2D eigenvalue weighted by Gasteiger charge is -2.43. The molecule has 3 amide bonds. The van der Waals surface area contributed by atoms with Gasteiger partial charge in [-0.3, -0.25) is 18.9 Å². The maximum atomic E-state index is 12.5. The van der Waals surface area contributed by atoms with Crippen LogP contribution in [0, 0.1) is 0 Å². The van der Waals surface area contributed by atoms with E-state index in [1.54, 1.807) is 0 Å². The summed E-state index contributed by atoms with van der Waals surface area (Å²) in [5, 5.41) is 7.30. The van der Waals surface area contributed by atoms with Gasteiger partial charge < -0.3 is 20.8 Å². The minimum atomic E-state index is -4.99. The number of rotatable bonds is 6. The molecule has 0 bridgehead atoms. The number of carbonyl (C=O) groups excluding carboxylic acids is 3. The SMILES string of the molecule is CO/N=C(\C(=O)NC1C(=O)N(S(=O)(=O)O)C1C(=O)N(C)C)c1csc(N)n1. The van der Waals surface area contributed by atoms with Gasteiger partial charge in [0.15, 0.2) is 16.9 Å². The summed E-state index contributed by atoms with van der Waals surface area (Å²) in [4.78, 5) is 46.3. The van der Waals surface area contributed by atoms with E-state index in [0.717, 1.165) is 16.2 Å². The van der Waals surface area contributed by atoms with Crippen LogP contribution in [0.2, 0.25) is 0 Å². The highest BCUT2D eigenvalue weighted by Crippen LogP contribution is 2.25. The summed E-state index contributed by atoms with van der Waals surface area (Å²) in [5.41, 5.74) is 5.24. The van der Waals surface area contributed by atoms with E-state index in [4.69, 9.17) is 10.3 Å². The van der Waals surface area contributed by atoms with Crippen LogP contribution in [0.3, 0.4) is 0 Å². The van der Waals surface area contributed by atoms with E-state index in [2.05, 4.69) is 20.3 Å². The first-order chi connectivity index (χ1) is 12.5. The quantitative estimate of drug-likeness (QED) is 0.196. The number of nitrogens with two attached hydrogens (primary N) is 1. The number of carbonyl (C=O) groups is 3. The molecule has 2 atom stereocenters. The molecule has 0 spiro atoms. The number of hydrogen-bond acceptors (Lipinski definition) is 10. The summed E-state index contributed by atoms with van der Waals surface area (Å²) in [6.45, 7) is 0. The van der Waals surface area contributed by atoms with E-state index in [0.29, 0.717) is 0 Å². The second kappa shape index (κ2) is 7.45. The zero-order chi connectivity index (χ0) is 20.5. The summed E-state index contributed by atoms with van der Waals surface area (Å²) in [7, 11) is -1.17. The van der Waals surface area contributed by atoms with Crippen LogP contribution in [-0.4, -0.2) is 83.9 Å². The molecule has 1 aromatic heterocycles. The third-order valence-electron chi connectivity index (χ3n) is 3.44. The van der Waals surface area contributed by atoms with E-state index < -0.39 is 40.1 Å². The van der Waals surface area contributed by atoms with Crippen molar-refractivity contribution in [1.29, 1.82) is 0 Å². The topological polar surface area (TPSA) is 185 Å². The number of nitrogens with one attached hydrogen (secondary N) is 1. The fraction of sp³-hybridized carbons (Fsp3) is 0.417. The number of hydrogen-bond donors (Lipinski definition) is 3. The first kappa shape index (κ1) is 20.5. The number of β-lactam (4-membered cyclic amide) rings is 1. The zero-order valence-corrected chi connectivity index (χ0v) is 15.9. The molecule has 0 aromatic carbocycles. The smallest absolute Gasteiger partial charge is 0.363 e. The number of anilines is 1. The van der Waals surface area contributed by atoms with Crippen LogP contribution < -0.4 is 11.1 Å². The molecule has 15 heteroatoms. The molecule has 1 aliphatic rings. The number of nitrogen functional groups attached to an aromatic ring is 1. The average molecular weight is 420 g/mol. The van der Waals surface area contributed by atoms with Crippen molar-refractivity contribution in [3.63, 3.8) is 0 Å². The second-order valence-electron chi connectivity index (χ2n) is 5.43. The monoisotopic (exact) mass is 420 g/mol. The highest BCUT2D eigenvalue weighted by molar-refractivity contribution is 7.84. The van der Waals surface area contributed by atoms with Crippen molar-refractivity contribution in [3.05, 3.63) is 11.1 Å². The molecule has 1 fully saturated rings. The predicted octanol–water partition coefficient (Wildman–Crippen LogP) is -2.34. The number of oxime groups is 1. The molecule has 13 nitrogen and oxygen atoms in total. The molecule has 1 aliphatic heterocycles. The molecule has 2 rings (SSSR count). The van der Waals surface area contributed by atoms with Crippen LogP contribution in [0.15, 0.2) is 10.5 Å². The van der Waals surface area contributed by atoms with Gasteiger partial charge in [0.25, 0.3) is 11.8 Å². The van der Waals surface area contributed by atoms with Gasteiger partial charge in [-0.15, -0.1) is 11.3 Å². The van der Waals surface area contributed by atoms with Crippen molar-refractivity contribution in [1.82, 2.24) is 19.5 Å². The highest BCUT2D eigenvalue weighted by Gasteiger charge is 2.58. The Morgan fingerprint density at radius 3 is 2.56 bits per heavy atom. The number of nitrogens with zero attached hydrogens (tertiary/aromatic N) is 4. The normalized spacial score (nSPS) is 20.1. The molecule has 27 heavy (non-hydrogen) atoms. The standard InChI is InChI=1S/C12H16N6O7S2/c1-17(2)11(21)8-7(10(20)18(8)27(22,23)24)15-9(19)6(16-25-3)5-4-26-12(13)14-5/h4,7-8H,1-3H3,(H2,13,14)(H,15,19)(H,22,23,24)/b16-6-. The molecule has 0 radical (unpaired) electrons. The van der Waals surface area contributed by atoms with E-state index in [-0.39, 0.29) is 20.8 Å². The molecule has 1 aromatic rings. The van der Waals surface area contributed by atoms with Gasteiger partial charge in [-0.1, -0.05) is 5.16 Å². The molecular weight excluding hydrogens is 404 g/mol. The van der Waals surface area contributed by atoms with E-state index in [1.165, 1.54) is 26.6 Å². The summed E-state index contributed by atoms with van der Waals surface area (Å²) >= 11 is 1.03. The van der Waals surface area contributed by atoms with Crippen molar-refractivity contribution in [2.45, 2.75) is 12.1 Å². The van der Waals surface area contributed by atoms with Gasteiger partial charge in [-0.05, 0) is 0 Å². The lowest BCUT2D eigenvalue weighted by Crippen LogP contribution is -2.75. The van der Waals surface area contributed by atoms with Gasteiger partial charge in [0.2, 0.25) is 5.91 Å². The zero-order valence-electron chi connectivity index (χ0n) is 14.3. The van der Waals surface area contributed by atoms with E-state index in [9.17, 15) is 22.8 Å². The van der Waals surface area contributed by atoms with Crippen LogP contribution >= 0.6 is 11.3 Å². The summed E-state index contributed by atoms with van der Waals surface area (Å²) < 4.78 is 31.9. The number of thiazole rings is 1. The van der Waals surface area contributed by atoms with Crippen molar-refractivity contribution < 1.29 is 32.2 Å². The number of amides is 3. The van der Waals surface area contributed by atoms with E-state index >= 15 is 0 Å². The Kier molecular flexibility index (Phi) is 5.67. The van der Waals surface area contributed by atoms with Crippen LogP contribution in [0.1, 0.15) is 5.69 Å². The molecule has 2 heterocycles. The Bertz CT molecular complexity index is 909. The van der Waals surface area contributed by atoms with Crippen molar-refractivity contribution in [3.8, 4) is 0 Å². The van der Waals surface area contributed by atoms with Crippen LogP contribution in [0.5, 0.6) is 0 Å². The van der Waals surface area contributed by atoms with Crippen molar-refractivity contribution in [2.24, 2.45) is 5.16 Å². The number of likely N-dealkylation sites (N-methyl/N-ethyl adjacent to an activating group) is 1. The average Bonchev–Trinajstić information content (AvgIpc) is 2.98. The summed E-state index contributed by atoms with van der Waals surface area (Å²) in [5.74, 6) is -2.95. The fourth-order valence-electron chi connectivity index (χ4n) is 2.27. The van der Waals surface area contributed by atoms with Gasteiger partial charge in [-0.2, -0.15) is 12.7 Å². The maximum absolute atomic E-state index is 12.5. The highest BCUT2D eigenvalue weighted by atomic mass is 32.2. The Hall–Kier alpha value is -2.78. The third kappa shape index (κ3) is 3.99. The molecule has 2 unspecified atom stereocenters. The molecular formula is C12H16N6O7S2. The fourth-order valence-corrected chi connectivity index (χ4v) is 3.66. The minimum Gasteiger partial charge on any atom is -0.398 e. The first-order valence-electron chi connectivity index (χ1n) is 7.14. The van der Waals surface area contributed by atoms with Gasteiger partial charge in [-0.25, -0.2) is 4.98 Å². The predicted molar refractivity (Wildman–Crippen MR) is 92.9 cm³/mol. The molecule has 0 aliphatic carbocycles. The van der Waals surface area contributed by atoms with Crippen LogP contribution in [-0.2, 0) is 29.5 Å². The van der Waals surface area contributed by atoms with Crippen LogP contribution in [0.4, 0.5) is 5.13 Å². The number of aromatic nitrogens is 1. The Morgan fingerprint density at radius 2 is 2.11 bits per heavy atom. The molecule has 1 saturated heterocycles. The van der Waals surface area contributed by atoms with Gasteiger partial charge in [0.05, 0.1) is 0 Å². The Morgan fingerprint density at radius 1 is 1.48 bits per heavy atom. The van der Waals surface area contributed by atoms with Gasteiger partial charge in [0, 0.05) is 19.5 Å². The summed E-state index contributed by atoms with van der Waals surface area (Å²) in [6, 6.07) is -3.18. The Labute approximate surface area is 157 Å². The molecule has 148 valence electrons. The van der Waals surface area contributed by atoms with Crippen molar-refractivity contribution in [2.75, 3.05) is 26.9 Å². The molecule has 0 saturated carbocycles. The third-order valence-corrected chi connectivity index (χ3v) is 5.02. The first-order valence-corrected chi connectivity index (χ1v) is 9.42. The largest absolute Gasteiger partial charge is 0.398 e. The van der Waals surface area contributed by atoms with Crippen LogP contribution in [0.25, 0.3) is 0 Å². The minimum absolute atomic E-state index is 0.00571. The second-order valence-corrected chi connectivity index (χ2v) is 7.61. The van der Waals surface area contributed by atoms with E-state index in [1.807, 2.05) is 0 Å². The van der Waals surface area contributed by atoms with Gasteiger partial charge in [0.1, 0.15) is 18.8 Å². The van der Waals surface area contributed by atoms with Gasteiger partial charge >= 0.3 is 10.3 Å². The lowest BCUT2D eigenvalue weighted by atomic mass is 9.97. The summed E-state index contributed by atoms with van der Waals surface area (Å²) in [6.07, 6.45) is 0. The lowest BCUT2D eigenvalue weighted by molar-refractivity contribution is -0.155. The Balaban J connectivity index is 2.30. The molecule has 4 N–H and O–H groups in total. The van der Waals surface area contributed by atoms with Crippen molar-refractivity contribution >= 4 is 50.2 Å².